The highest BCUT2D eigenvalue weighted by Gasteiger charge is 2.09. The summed E-state index contributed by atoms with van der Waals surface area (Å²) in [5, 5.41) is 10.5. The molecule has 108 valence electrons. The van der Waals surface area contributed by atoms with Gasteiger partial charge in [0, 0.05) is 12.1 Å². The second kappa shape index (κ2) is 5.48. The van der Waals surface area contributed by atoms with E-state index < -0.39 is 0 Å². The minimum atomic E-state index is -0.105. The van der Waals surface area contributed by atoms with E-state index in [1.54, 1.807) is 24.3 Å². The third kappa shape index (κ3) is 2.57. The number of rotatable bonds is 4. The SMILES string of the molecule is CCCCOc1ccc2c(=O)c3ccc(O)cc3oc2c1. The minimum absolute atomic E-state index is 0.0698. The Morgan fingerprint density at radius 3 is 2.57 bits per heavy atom. The van der Waals surface area contributed by atoms with Crippen molar-refractivity contribution in [2.24, 2.45) is 0 Å². The summed E-state index contributed by atoms with van der Waals surface area (Å²) in [6, 6.07) is 9.71. The van der Waals surface area contributed by atoms with Gasteiger partial charge in [-0.15, -0.1) is 0 Å². The maximum absolute atomic E-state index is 12.4. The summed E-state index contributed by atoms with van der Waals surface area (Å²) in [5.74, 6) is 0.749. The van der Waals surface area contributed by atoms with Crippen LogP contribution in [0.25, 0.3) is 21.9 Å². The Morgan fingerprint density at radius 1 is 1.10 bits per heavy atom. The Balaban J connectivity index is 2.12. The van der Waals surface area contributed by atoms with Crippen LogP contribution >= 0.6 is 0 Å². The molecule has 0 unspecified atom stereocenters. The number of unbranched alkanes of at least 4 members (excludes halogenated alkanes) is 1. The third-order valence-corrected chi connectivity index (χ3v) is 3.39. The maximum Gasteiger partial charge on any atom is 0.200 e. The van der Waals surface area contributed by atoms with E-state index in [1.807, 2.05) is 0 Å². The quantitative estimate of drug-likeness (QED) is 0.584. The molecule has 21 heavy (non-hydrogen) atoms. The highest BCUT2D eigenvalue weighted by molar-refractivity contribution is 5.90. The summed E-state index contributed by atoms with van der Waals surface area (Å²) in [6.07, 6.45) is 2.04. The van der Waals surface area contributed by atoms with Crippen molar-refractivity contribution in [3.63, 3.8) is 0 Å². The van der Waals surface area contributed by atoms with Crippen LogP contribution < -0.4 is 10.2 Å². The smallest absolute Gasteiger partial charge is 0.200 e. The summed E-state index contributed by atoms with van der Waals surface area (Å²) in [4.78, 5) is 12.4. The van der Waals surface area contributed by atoms with Gasteiger partial charge in [0.2, 0.25) is 5.43 Å². The maximum atomic E-state index is 12.4. The molecule has 0 atom stereocenters. The summed E-state index contributed by atoms with van der Waals surface area (Å²) >= 11 is 0. The lowest BCUT2D eigenvalue weighted by Crippen LogP contribution is -2.02. The van der Waals surface area contributed by atoms with Crippen LogP contribution in [0.4, 0.5) is 0 Å². The largest absolute Gasteiger partial charge is 0.508 e. The summed E-state index contributed by atoms with van der Waals surface area (Å²) in [6.45, 7) is 2.74. The average molecular weight is 284 g/mol. The first-order chi connectivity index (χ1) is 10.2. The van der Waals surface area contributed by atoms with E-state index in [0.717, 1.165) is 12.8 Å². The Labute approximate surface area is 121 Å². The first kappa shape index (κ1) is 13.5. The van der Waals surface area contributed by atoms with E-state index in [1.165, 1.54) is 12.1 Å². The van der Waals surface area contributed by atoms with Crippen molar-refractivity contribution in [1.29, 1.82) is 0 Å². The van der Waals surface area contributed by atoms with Crippen LogP contribution in [0.2, 0.25) is 0 Å². The standard InChI is InChI=1S/C17H16O4/c1-2-3-8-20-12-5-7-14-16(10-12)21-15-9-11(18)4-6-13(15)17(14)19/h4-7,9-10,18H,2-3,8H2,1H3. The van der Waals surface area contributed by atoms with Crippen molar-refractivity contribution >= 4 is 21.9 Å². The van der Waals surface area contributed by atoms with Crippen LogP contribution in [0.5, 0.6) is 11.5 Å². The van der Waals surface area contributed by atoms with Crippen molar-refractivity contribution in [3.8, 4) is 11.5 Å². The zero-order valence-electron chi connectivity index (χ0n) is 11.8. The Kier molecular flexibility index (Phi) is 3.52. The second-order valence-corrected chi connectivity index (χ2v) is 4.97. The molecule has 3 aromatic rings. The molecule has 2 aromatic carbocycles. The molecule has 0 bridgehead atoms. The predicted octanol–water partition coefficient (Wildman–Crippen LogP) is 3.83. The van der Waals surface area contributed by atoms with E-state index in [9.17, 15) is 9.90 Å². The fourth-order valence-electron chi connectivity index (χ4n) is 2.25. The molecule has 1 heterocycles. The van der Waals surface area contributed by atoms with E-state index in [-0.39, 0.29) is 11.2 Å². The van der Waals surface area contributed by atoms with Gasteiger partial charge >= 0.3 is 0 Å². The average Bonchev–Trinajstić information content (AvgIpc) is 2.47. The summed E-state index contributed by atoms with van der Waals surface area (Å²) in [5.41, 5.74) is 0.733. The first-order valence-electron chi connectivity index (χ1n) is 7.01. The lowest BCUT2D eigenvalue weighted by molar-refractivity contribution is 0.309. The van der Waals surface area contributed by atoms with Crippen LogP contribution in [-0.2, 0) is 0 Å². The molecule has 0 aliphatic heterocycles. The van der Waals surface area contributed by atoms with Gasteiger partial charge in [0.05, 0.1) is 17.4 Å². The molecule has 0 fully saturated rings. The van der Waals surface area contributed by atoms with Gasteiger partial charge in [0.1, 0.15) is 22.7 Å². The minimum Gasteiger partial charge on any atom is -0.508 e. The Hall–Kier alpha value is -2.49. The van der Waals surface area contributed by atoms with Crippen LogP contribution in [0, 0.1) is 0 Å². The predicted molar refractivity (Wildman–Crippen MR) is 82.1 cm³/mol. The first-order valence-corrected chi connectivity index (χ1v) is 7.01. The van der Waals surface area contributed by atoms with Crippen molar-refractivity contribution in [2.45, 2.75) is 19.8 Å². The molecule has 0 radical (unpaired) electrons. The molecule has 0 aliphatic carbocycles. The van der Waals surface area contributed by atoms with Crippen LogP contribution in [0.1, 0.15) is 19.8 Å². The summed E-state index contributed by atoms with van der Waals surface area (Å²) < 4.78 is 11.3. The van der Waals surface area contributed by atoms with Crippen molar-refractivity contribution in [1.82, 2.24) is 0 Å². The number of phenols is 1. The van der Waals surface area contributed by atoms with Crippen LogP contribution in [0.3, 0.4) is 0 Å². The van der Waals surface area contributed by atoms with E-state index in [2.05, 4.69) is 6.92 Å². The molecule has 3 rings (SSSR count). The Bertz CT molecular complexity index is 848. The molecule has 0 saturated carbocycles. The molecule has 0 aliphatic rings. The van der Waals surface area contributed by atoms with Gasteiger partial charge in [-0.25, -0.2) is 0 Å². The van der Waals surface area contributed by atoms with Gasteiger partial charge in [-0.2, -0.15) is 0 Å². The molecule has 1 aromatic heterocycles. The monoisotopic (exact) mass is 284 g/mol. The number of ether oxygens (including phenoxy) is 1. The molecule has 0 saturated heterocycles. The van der Waals surface area contributed by atoms with Gasteiger partial charge in [-0.1, -0.05) is 13.3 Å². The van der Waals surface area contributed by atoms with Gasteiger partial charge in [0.15, 0.2) is 0 Å². The second-order valence-electron chi connectivity index (χ2n) is 4.97. The van der Waals surface area contributed by atoms with Crippen molar-refractivity contribution in [3.05, 3.63) is 46.6 Å². The van der Waals surface area contributed by atoms with E-state index in [0.29, 0.717) is 34.3 Å². The number of benzene rings is 2. The summed E-state index contributed by atoms with van der Waals surface area (Å²) in [7, 11) is 0. The van der Waals surface area contributed by atoms with Crippen molar-refractivity contribution in [2.75, 3.05) is 6.61 Å². The van der Waals surface area contributed by atoms with E-state index in [4.69, 9.17) is 9.15 Å². The van der Waals surface area contributed by atoms with Gasteiger partial charge < -0.3 is 14.3 Å². The third-order valence-electron chi connectivity index (χ3n) is 3.39. The topological polar surface area (TPSA) is 59.7 Å². The van der Waals surface area contributed by atoms with E-state index >= 15 is 0 Å². The molecule has 0 amide bonds. The molecule has 0 spiro atoms. The van der Waals surface area contributed by atoms with Gasteiger partial charge in [0.25, 0.3) is 0 Å². The number of hydrogen-bond donors (Lipinski definition) is 1. The number of hydrogen-bond acceptors (Lipinski definition) is 4. The molecule has 4 nitrogen and oxygen atoms in total. The van der Waals surface area contributed by atoms with Crippen molar-refractivity contribution < 1.29 is 14.3 Å². The fourth-order valence-corrected chi connectivity index (χ4v) is 2.25. The molecule has 4 heteroatoms. The highest BCUT2D eigenvalue weighted by atomic mass is 16.5. The van der Waals surface area contributed by atoms with Gasteiger partial charge in [-0.3, -0.25) is 4.79 Å². The lowest BCUT2D eigenvalue weighted by Gasteiger charge is -2.07. The number of fused-ring (bicyclic) bond motifs is 2. The van der Waals surface area contributed by atoms with Crippen LogP contribution in [-0.4, -0.2) is 11.7 Å². The zero-order chi connectivity index (χ0) is 14.8. The fraction of sp³-hybridized carbons (Fsp3) is 0.235. The Morgan fingerprint density at radius 2 is 1.81 bits per heavy atom. The van der Waals surface area contributed by atoms with Gasteiger partial charge in [-0.05, 0) is 30.7 Å². The zero-order valence-corrected chi connectivity index (χ0v) is 11.8. The number of aromatic hydroxyl groups is 1. The molecular weight excluding hydrogens is 268 g/mol. The molecule has 1 N–H and O–H groups in total. The molecular formula is C17H16O4. The highest BCUT2D eigenvalue weighted by Crippen LogP contribution is 2.25. The lowest BCUT2D eigenvalue weighted by atomic mass is 10.1. The normalized spacial score (nSPS) is 11.1. The number of phenolic OH excluding ortho intramolecular Hbond substituents is 1. The van der Waals surface area contributed by atoms with Crippen LogP contribution in [0.15, 0.2) is 45.6 Å².